The molecule has 1 aliphatic rings. The number of aliphatic carboxylic acids is 1. The first-order valence-electron chi connectivity index (χ1n) is 6.91. The number of piperidine rings is 1. The first kappa shape index (κ1) is 17.2. The fourth-order valence-corrected chi connectivity index (χ4v) is 4.14. The Morgan fingerprint density at radius 3 is 2.30 bits per heavy atom. The van der Waals surface area contributed by atoms with Gasteiger partial charge in [0.25, 0.3) is 0 Å². The van der Waals surface area contributed by atoms with Crippen molar-refractivity contribution < 1.29 is 33.0 Å². The Balaban J connectivity index is 2.34. The van der Waals surface area contributed by atoms with Gasteiger partial charge in [0.1, 0.15) is 10.6 Å². The number of carboxylic acids is 2. The van der Waals surface area contributed by atoms with Crippen LogP contribution in [-0.2, 0) is 14.8 Å². The summed E-state index contributed by atoms with van der Waals surface area (Å²) in [6.45, 7) is 0.138. The molecule has 1 saturated heterocycles. The molecule has 1 aromatic carbocycles. The topological polar surface area (TPSA) is 121 Å². The summed E-state index contributed by atoms with van der Waals surface area (Å²) in [5.74, 6) is -2.69. The van der Waals surface area contributed by atoms with Gasteiger partial charge in [0, 0.05) is 13.1 Å². The van der Waals surface area contributed by atoms with Crippen LogP contribution in [0.15, 0.2) is 23.1 Å². The lowest BCUT2D eigenvalue weighted by atomic mass is 9.99. The van der Waals surface area contributed by atoms with E-state index in [-0.39, 0.29) is 42.1 Å². The molecule has 1 aliphatic heterocycles. The van der Waals surface area contributed by atoms with E-state index in [1.807, 2.05) is 0 Å². The highest BCUT2D eigenvalue weighted by molar-refractivity contribution is 7.89. The Morgan fingerprint density at radius 1 is 1.22 bits per heavy atom. The molecule has 0 radical (unpaired) electrons. The number of ether oxygens (including phenoxy) is 1. The van der Waals surface area contributed by atoms with Crippen molar-refractivity contribution in [2.45, 2.75) is 17.7 Å². The van der Waals surface area contributed by atoms with Crippen LogP contribution in [-0.4, -0.2) is 55.1 Å². The highest BCUT2D eigenvalue weighted by Gasteiger charge is 2.34. The summed E-state index contributed by atoms with van der Waals surface area (Å²) in [7, 11) is -2.66. The molecule has 0 aliphatic carbocycles. The molecule has 0 atom stereocenters. The molecule has 0 aromatic heterocycles. The standard InChI is InChI=1S/C14H17NO7S/c1-22-11-3-2-10(14(18)19)8-12(11)23(20,21)15-6-4-9(5-7-15)13(16)17/h2-3,8-9H,4-7H2,1H3,(H,16,17)(H,18,19). The Morgan fingerprint density at radius 2 is 1.83 bits per heavy atom. The van der Waals surface area contributed by atoms with Gasteiger partial charge in [-0.25, -0.2) is 13.2 Å². The van der Waals surface area contributed by atoms with Crippen molar-refractivity contribution in [2.24, 2.45) is 5.92 Å². The third-order valence-electron chi connectivity index (χ3n) is 3.83. The van der Waals surface area contributed by atoms with Gasteiger partial charge in [0.15, 0.2) is 0 Å². The van der Waals surface area contributed by atoms with Crippen LogP contribution < -0.4 is 4.74 Å². The average molecular weight is 343 g/mol. The molecular formula is C14H17NO7S. The predicted octanol–water partition coefficient (Wildman–Crippen LogP) is 0.879. The van der Waals surface area contributed by atoms with E-state index in [0.717, 1.165) is 10.4 Å². The number of hydrogen-bond acceptors (Lipinski definition) is 5. The Kier molecular flexibility index (Phi) is 4.90. The van der Waals surface area contributed by atoms with Gasteiger partial charge in [-0.3, -0.25) is 4.79 Å². The Labute approximate surface area is 133 Å². The van der Waals surface area contributed by atoms with Crippen LogP contribution in [0.2, 0.25) is 0 Å². The number of sulfonamides is 1. The molecule has 0 spiro atoms. The minimum Gasteiger partial charge on any atom is -0.495 e. The SMILES string of the molecule is COc1ccc(C(=O)O)cc1S(=O)(=O)N1CCC(C(=O)O)CC1. The van der Waals surface area contributed by atoms with Crippen LogP contribution in [0.5, 0.6) is 5.75 Å². The molecule has 9 heteroatoms. The number of hydrogen-bond donors (Lipinski definition) is 2. The molecule has 1 fully saturated rings. The largest absolute Gasteiger partial charge is 0.495 e. The maximum Gasteiger partial charge on any atom is 0.335 e. The van der Waals surface area contributed by atoms with E-state index in [0.29, 0.717) is 0 Å². The second-order valence-electron chi connectivity index (χ2n) is 5.19. The highest BCUT2D eigenvalue weighted by atomic mass is 32.2. The molecule has 2 rings (SSSR count). The molecule has 0 amide bonds. The number of benzene rings is 1. The molecule has 126 valence electrons. The normalized spacial score (nSPS) is 16.9. The lowest BCUT2D eigenvalue weighted by molar-refractivity contribution is -0.142. The predicted molar refractivity (Wildman–Crippen MR) is 79.1 cm³/mol. The number of rotatable bonds is 5. The van der Waals surface area contributed by atoms with Crippen LogP contribution in [0.25, 0.3) is 0 Å². The summed E-state index contributed by atoms with van der Waals surface area (Å²) in [6, 6.07) is 3.61. The van der Waals surface area contributed by atoms with Gasteiger partial charge in [-0.15, -0.1) is 0 Å². The summed E-state index contributed by atoms with van der Waals surface area (Å²) in [5.41, 5.74) is -0.162. The second-order valence-corrected chi connectivity index (χ2v) is 7.09. The molecule has 0 saturated carbocycles. The average Bonchev–Trinajstić information content (AvgIpc) is 2.54. The van der Waals surface area contributed by atoms with Gasteiger partial charge < -0.3 is 14.9 Å². The van der Waals surface area contributed by atoms with Crippen LogP contribution in [0, 0.1) is 5.92 Å². The van der Waals surface area contributed by atoms with Crippen molar-refractivity contribution in [1.29, 1.82) is 0 Å². The third-order valence-corrected chi connectivity index (χ3v) is 5.75. The summed E-state index contributed by atoms with van der Waals surface area (Å²) < 4.78 is 31.6. The third kappa shape index (κ3) is 3.45. The molecule has 1 heterocycles. The van der Waals surface area contributed by atoms with Crippen molar-refractivity contribution in [3.8, 4) is 5.75 Å². The fraction of sp³-hybridized carbons (Fsp3) is 0.429. The van der Waals surface area contributed by atoms with E-state index < -0.39 is 27.9 Å². The van der Waals surface area contributed by atoms with Crippen molar-refractivity contribution in [1.82, 2.24) is 4.31 Å². The summed E-state index contributed by atoms with van der Waals surface area (Å²) in [4.78, 5) is 21.8. The van der Waals surface area contributed by atoms with Crippen molar-refractivity contribution in [3.05, 3.63) is 23.8 Å². The van der Waals surface area contributed by atoms with Gasteiger partial charge in [0.2, 0.25) is 10.0 Å². The monoisotopic (exact) mass is 343 g/mol. The second kappa shape index (κ2) is 6.55. The van der Waals surface area contributed by atoms with Crippen LogP contribution in [0.4, 0.5) is 0 Å². The smallest absolute Gasteiger partial charge is 0.335 e. The summed E-state index contributed by atoms with van der Waals surface area (Å²) >= 11 is 0. The number of carbonyl (C=O) groups is 2. The number of aromatic carboxylic acids is 1. The minimum absolute atomic E-state index is 0.0513. The van der Waals surface area contributed by atoms with E-state index >= 15 is 0 Å². The maximum atomic E-state index is 12.7. The minimum atomic E-state index is -3.96. The zero-order valence-corrected chi connectivity index (χ0v) is 13.2. The van der Waals surface area contributed by atoms with E-state index in [4.69, 9.17) is 14.9 Å². The van der Waals surface area contributed by atoms with Crippen LogP contribution in [0.1, 0.15) is 23.2 Å². The number of nitrogens with zero attached hydrogens (tertiary/aromatic N) is 1. The van der Waals surface area contributed by atoms with Crippen LogP contribution in [0.3, 0.4) is 0 Å². The Hall–Kier alpha value is -2.13. The zero-order valence-electron chi connectivity index (χ0n) is 12.4. The van der Waals surface area contributed by atoms with Gasteiger partial charge >= 0.3 is 11.9 Å². The van der Waals surface area contributed by atoms with Crippen molar-refractivity contribution in [2.75, 3.05) is 20.2 Å². The first-order chi connectivity index (χ1) is 10.8. The molecular weight excluding hydrogens is 326 g/mol. The zero-order chi connectivity index (χ0) is 17.2. The molecule has 23 heavy (non-hydrogen) atoms. The number of methoxy groups -OCH3 is 1. The van der Waals surface area contributed by atoms with Gasteiger partial charge in [0.05, 0.1) is 18.6 Å². The van der Waals surface area contributed by atoms with Crippen LogP contribution >= 0.6 is 0 Å². The molecule has 0 bridgehead atoms. The van der Waals surface area contributed by atoms with Crippen molar-refractivity contribution in [3.63, 3.8) is 0 Å². The van der Waals surface area contributed by atoms with E-state index in [2.05, 4.69) is 0 Å². The van der Waals surface area contributed by atoms with Gasteiger partial charge in [-0.2, -0.15) is 4.31 Å². The van der Waals surface area contributed by atoms with E-state index in [9.17, 15) is 18.0 Å². The molecule has 8 nitrogen and oxygen atoms in total. The summed E-state index contributed by atoms with van der Waals surface area (Å²) in [5, 5.41) is 18.0. The molecule has 1 aromatic rings. The van der Waals surface area contributed by atoms with Crippen molar-refractivity contribution >= 4 is 22.0 Å². The lowest BCUT2D eigenvalue weighted by Gasteiger charge is -2.29. The summed E-state index contributed by atoms with van der Waals surface area (Å²) in [6.07, 6.45) is 0.436. The fourth-order valence-electron chi connectivity index (χ4n) is 2.49. The Bertz CT molecular complexity index is 721. The molecule has 2 N–H and O–H groups in total. The van der Waals surface area contributed by atoms with E-state index in [1.165, 1.54) is 19.2 Å². The lowest BCUT2D eigenvalue weighted by Crippen LogP contribution is -2.40. The highest BCUT2D eigenvalue weighted by Crippen LogP contribution is 2.30. The maximum absolute atomic E-state index is 12.7. The van der Waals surface area contributed by atoms with Gasteiger partial charge in [-0.1, -0.05) is 0 Å². The van der Waals surface area contributed by atoms with Gasteiger partial charge in [-0.05, 0) is 31.0 Å². The molecule has 0 unspecified atom stereocenters. The first-order valence-corrected chi connectivity index (χ1v) is 8.35. The quantitative estimate of drug-likeness (QED) is 0.814. The van der Waals surface area contributed by atoms with E-state index in [1.54, 1.807) is 0 Å². The number of carboxylic acid groups (broad SMARTS) is 2.